The molecule has 2 atom stereocenters. The van der Waals surface area contributed by atoms with Crippen LogP contribution in [0.2, 0.25) is 0 Å². The fraction of sp³-hybridized carbons (Fsp3) is 0.292. The molecule has 0 saturated carbocycles. The number of benzene rings is 2. The monoisotopic (exact) mass is 438 g/mol. The Bertz CT molecular complexity index is 960. The van der Waals surface area contributed by atoms with E-state index in [0.29, 0.717) is 6.42 Å². The maximum absolute atomic E-state index is 12.5. The first-order valence-electron chi connectivity index (χ1n) is 10.3. The maximum atomic E-state index is 12.5. The maximum Gasteiger partial charge on any atom is 0.407 e. The minimum Gasteiger partial charge on any atom is -0.480 e. The van der Waals surface area contributed by atoms with Gasteiger partial charge in [-0.05, 0) is 35.1 Å². The molecule has 0 saturated heterocycles. The molecule has 168 valence electrons. The van der Waals surface area contributed by atoms with E-state index in [0.717, 1.165) is 22.3 Å². The molecule has 0 aromatic heterocycles. The molecule has 32 heavy (non-hydrogen) atoms. The molecule has 2 aromatic carbocycles. The predicted molar refractivity (Wildman–Crippen MR) is 118 cm³/mol. The van der Waals surface area contributed by atoms with Crippen molar-refractivity contribution >= 4 is 18.0 Å². The van der Waals surface area contributed by atoms with Crippen LogP contribution < -0.4 is 10.6 Å². The largest absolute Gasteiger partial charge is 0.480 e. The van der Waals surface area contributed by atoms with Crippen LogP contribution in [-0.2, 0) is 14.3 Å². The molecule has 2 aromatic rings. The van der Waals surface area contributed by atoms with Crippen LogP contribution in [-0.4, -0.2) is 53.5 Å². The Balaban J connectivity index is 1.66. The molecule has 1 aliphatic carbocycles. The fourth-order valence-electron chi connectivity index (χ4n) is 3.79. The number of rotatable bonds is 10. The summed E-state index contributed by atoms with van der Waals surface area (Å²) in [6.45, 7) is 2.92. The van der Waals surface area contributed by atoms with Crippen LogP contribution in [0.3, 0.4) is 0 Å². The van der Waals surface area contributed by atoms with Crippen molar-refractivity contribution in [2.24, 2.45) is 0 Å². The average molecular weight is 438 g/mol. The van der Waals surface area contributed by atoms with Gasteiger partial charge in [0.05, 0.1) is 6.61 Å². The van der Waals surface area contributed by atoms with Gasteiger partial charge in [0.1, 0.15) is 18.7 Å². The van der Waals surface area contributed by atoms with Crippen molar-refractivity contribution in [3.63, 3.8) is 0 Å². The second kappa shape index (κ2) is 10.6. The fourth-order valence-corrected chi connectivity index (χ4v) is 3.79. The molecule has 0 heterocycles. The summed E-state index contributed by atoms with van der Waals surface area (Å²) in [6, 6.07) is 13.4. The van der Waals surface area contributed by atoms with Crippen molar-refractivity contribution in [1.29, 1.82) is 0 Å². The SMILES string of the molecule is C=CCCC(NC(=O)OCC1c2ccccc2-c2ccccc21)C(=O)N[C@@H](CO)C(=O)O. The Hall–Kier alpha value is -3.65. The summed E-state index contributed by atoms with van der Waals surface area (Å²) in [7, 11) is 0. The Morgan fingerprint density at radius 1 is 1.00 bits per heavy atom. The van der Waals surface area contributed by atoms with Crippen LogP contribution in [0.15, 0.2) is 61.2 Å². The molecule has 0 fully saturated rings. The number of allylic oxidation sites excluding steroid dienone is 1. The third-order valence-corrected chi connectivity index (χ3v) is 5.41. The number of aliphatic hydroxyl groups is 1. The number of carbonyl (C=O) groups is 3. The third-order valence-electron chi connectivity index (χ3n) is 5.41. The van der Waals surface area contributed by atoms with E-state index in [1.54, 1.807) is 6.08 Å². The highest BCUT2D eigenvalue weighted by Crippen LogP contribution is 2.44. The third kappa shape index (κ3) is 5.15. The van der Waals surface area contributed by atoms with Crippen LogP contribution in [0.25, 0.3) is 11.1 Å². The lowest BCUT2D eigenvalue weighted by Crippen LogP contribution is -2.52. The van der Waals surface area contributed by atoms with Crippen LogP contribution in [0.5, 0.6) is 0 Å². The first kappa shape index (κ1) is 23.0. The molecule has 8 heteroatoms. The Kier molecular flexibility index (Phi) is 7.62. The highest BCUT2D eigenvalue weighted by atomic mass is 16.5. The number of nitrogens with one attached hydrogen (secondary N) is 2. The Morgan fingerprint density at radius 2 is 1.59 bits per heavy atom. The number of amides is 2. The predicted octanol–water partition coefficient (Wildman–Crippen LogP) is 2.42. The highest BCUT2D eigenvalue weighted by molar-refractivity contribution is 5.89. The Morgan fingerprint density at radius 3 is 2.12 bits per heavy atom. The van der Waals surface area contributed by atoms with E-state index in [2.05, 4.69) is 17.2 Å². The van der Waals surface area contributed by atoms with Crippen molar-refractivity contribution in [3.05, 3.63) is 72.3 Å². The number of aliphatic carboxylic acids is 1. The molecule has 0 bridgehead atoms. The molecule has 1 unspecified atom stereocenters. The molecular weight excluding hydrogens is 412 g/mol. The van der Waals surface area contributed by atoms with E-state index in [1.165, 1.54) is 0 Å². The second-order valence-corrected chi connectivity index (χ2v) is 7.47. The molecule has 0 aliphatic heterocycles. The van der Waals surface area contributed by atoms with Gasteiger partial charge in [0.2, 0.25) is 5.91 Å². The summed E-state index contributed by atoms with van der Waals surface area (Å²) >= 11 is 0. The van der Waals surface area contributed by atoms with Gasteiger partial charge in [0, 0.05) is 5.92 Å². The summed E-state index contributed by atoms with van der Waals surface area (Å²) < 4.78 is 5.46. The van der Waals surface area contributed by atoms with Gasteiger partial charge < -0.3 is 25.6 Å². The zero-order valence-corrected chi connectivity index (χ0v) is 17.5. The zero-order valence-electron chi connectivity index (χ0n) is 17.5. The minimum atomic E-state index is -1.46. The van der Waals surface area contributed by atoms with E-state index in [-0.39, 0.29) is 18.9 Å². The van der Waals surface area contributed by atoms with E-state index in [9.17, 15) is 14.4 Å². The van der Waals surface area contributed by atoms with Crippen LogP contribution >= 0.6 is 0 Å². The van der Waals surface area contributed by atoms with E-state index >= 15 is 0 Å². The van der Waals surface area contributed by atoms with Gasteiger partial charge in [-0.3, -0.25) is 4.79 Å². The van der Waals surface area contributed by atoms with Crippen LogP contribution in [0.1, 0.15) is 29.9 Å². The number of carbonyl (C=O) groups excluding carboxylic acids is 2. The van der Waals surface area contributed by atoms with Crippen molar-refractivity contribution < 1.29 is 29.3 Å². The van der Waals surface area contributed by atoms with Gasteiger partial charge in [-0.2, -0.15) is 0 Å². The highest BCUT2D eigenvalue weighted by Gasteiger charge is 2.30. The van der Waals surface area contributed by atoms with Crippen molar-refractivity contribution in [3.8, 4) is 11.1 Å². The van der Waals surface area contributed by atoms with Gasteiger partial charge in [0.15, 0.2) is 0 Å². The number of alkyl carbamates (subject to hydrolysis) is 1. The number of fused-ring (bicyclic) bond motifs is 3. The quantitative estimate of drug-likeness (QED) is 0.422. The zero-order chi connectivity index (χ0) is 23.1. The molecule has 0 radical (unpaired) electrons. The summed E-state index contributed by atoms with van der Waals surface area (Å²) in [4.78, 5) is 36.0. The van der Waals surface area contributed by atoms with E-state index < -0.39 is 36.7 Å². The number of carboxylic acids is 1. The second-order valence-electron chi connectivity index (χ2n) is 7.47. The van der Waals surface area contributed by atoms with Crippen LogP contribution in [0, 0.1) is 0 Å². The van der Waals surface area contributed by atoms with Gasteiger partial charge in [-0.25, -0.2) is 9.59 Å². The standard InChI is InChI=1S/C24H26N2O6/c1-2-3-12-20(22(28)25-21(13-27)23(29)30)26-24(31)32-14-19-17-10-6-4-8-15(17)16-9-5-7-11-18(16)19/h2,4-11,19-21,27H,1,3,12-14H2,(H,25,28)(H,26,31)(H,29,30)/t20?,21-/m0/s1. The van der Waals surface area contributed by atoms with Crippen molar-refractivity contribution in [2.75, 3.05) is 13.2 Å². The lowest BCUT2D eigenvalue weighted by atomic mass is 9.98. The number of carboxylic acid groups (broad SMARTS) is 1. The number of hydrogen-bond acceptors (Lipinski definition) is 5. The summed E-state index contributed by atoms with van der Waals surface area (Å²) in [5.74, 6) is -2.22. The molecular formula is C24H26N2O6. The first-order chi connectivity index (χ1) is 15.5. The lowest BCUT2D eigenvalue weighted by molar-refractivity contribution is -0.143. The minimum absolute atomic E-state index is 0.0873. The van der Waals surface area contributed by atoms with Gasteiger partial charge in [-0.1, -0.05) is 54.6 Å². The molecule has 4 N–H and O–H groups in total. The topological polar surface area (TPSA) is 125 Å². The van der Waals surface area contributed by atoms with Crippen molar-refractivity contribution in [2.45, 2.75) is 30.8 Å². The number of hydrogen-bond donors (Lipinski definition) is 4. The van der Waals surface area contributed by atoms with Crippen LogP contribution in [0.4, 0.5) is 4.79 Å². The van der Waals surface area contributed by atoms with E-state index in [1.807, 2.05) is 48.5 Å². The summed E-state index contributed by atoms with van der Waals surface area (Å²) in [5, 5.41) is 22.9. The molecule has 8 nitrogen and oxygen atoms in total. The lowest BCUT2D eigenvalue weighted by Gasteiger charge is -2.21. The average Bonchev–Trinajstić information content (AvgIpc) is 3.12. The molecule has 3 rings (SSSR count). The smallest absolute Gasteiger partial charge is 0.407 e. The molecule has 2 amide bonds. The first-order valence-corrected chi connectivity index (χ1v) is 10.3. The molecule has 0 spiro atoms. The Labute approximate surface area is 185 Å². The normalized spacial score (nSPS) is 13.9. The van der Waals surface area contributed by atoms with E-state index in [4.69, 9.17) is 14.9 Å². The number of ether oxygens (including phenoxy) is 1. The van der Waals surface area contributed by atoms with Gasteiger partial charge in [-0.15, -0.1) is 6.58 Å². The summed E-state index contributed by atoms with van der Waals surface area (Å²) in [5.41, 5.74) is 4.33. The summed E-state index contributed by atoms with van der Waals surface area (Å²) in [6.07, 6.45) is 1.42. The van der Waals surface area contributed by atoms with Crippen molar-refractivity contribution in [1.82, 2.24) is 10.6 Å². The molecule has 1 aliphatic rings. The van der Waals surface area contributed by atoms with Gasteiger partial charge >= 0.3 is 12.1 Å². The number of aliphatic hydroxyl groups excluding tert-OH is 1. The van der Waals surface area contributed by atoms with Gasteiger partial charge in [0.25, 0.3) is 0 Å².